The smallest absolute Gasteiger partial charge is 0.318 e. The highest BCUT2D eigenvalue weighted by atomic mass is 16.5. The van der Waals surface area contributed by atoms with Crippen molar-refractivity contribution in [1.82, 2.24) is 15.5 Å². The molecule has 2 aromatic carbocycles. The fraction of sp³-hybridized carbons (Fsp3) is 0.462. The van der Waals surface area contributed by atoms with Crippen LogP contribution in [0.4, 0.5) is 4.79 Å². The van der Waals surface area contributed by atoms with Gasteiger partial charge in [-0.25, -0.2) is 4.79 Å². The molecule has 0 fully saturated rings. The summed E-state index contributed by atoms with van der Waals surface area (Å²) in [5.41, 5.74) is 2.55. The molecule has 1 aliphatic rings. The predicted octanol–water partition coefficient (Wildman–Crippen LogP) is 3.94. The quantitative estimate of drug-likeness (QED) is 0.611. The van der Waals surface area contributed by atoms with Crippen molar-refractivity contribution < 1.29 is 23.8 Å². The van der Waals surface area contributed by atoms with Gasteiger partial charge in [0.2, 0.25) is 0 Å². The van der Waals surface area contributed by atoms with Crippen LogP contribution in [-0.4, -0.2) is 56.8 Å². The summed E-state index contributed by atoms with van der Waals surface area (Å²) in [6.07, 6.45) is 1.31. The van der Waals surface area contributed by atoms with Gasteiger partial charge < -0.3 is 29.7 Å². The minimum Gasteiger partial charge on any atom is -0.497 e. The fourth-order valence-electron chi connectivity index (χ4n) is 4.37. The lowest BCUT2D eigenvalue weighted by Crippen LogP contribution is -2.54. The van der Waals surface area contributed by atoms with E-state index in [2.05, 4.69) is 10.6 Å². The number of nitrogens with one attached hydrogen (secondary N) is 2. The Kier molecular flexibility index (Phi) is 8.26. The molecule has 0 bridgehead atoms. The first-order valence-corrected chi connectivity index (χ1v) is 11.6. The average Bonchev–Trinajstić information content (AvgIpc) is 2.85. The third-order valence-corrected chi connectivity index (χ3v) is 6.08. The van der Waals surface area contributed by atoms with Gasteiger partial charge in [-0.2, -0.15) is 0 Å². The largest absolute Gasteiger partial charge is 0.497 e. The minimum absolute atomic E-state index is 0.00563. The summed E-state index contributed by atoms with van der Waals surface area (Å²) in [4.78, 5) is 28.1. The van der Waals surface area contributed by atoms with E-state index in [1.807, 2.05) is 37.8 Å². The van der Waals surface area contributed by atoms with E-state index in [9.17, 15) is 9.59 Å². The molecule has 3 amide bonds. The molecule has 34 heavy (non-hydrogen) atoms. The molecule has 8 heteroatoms. The Balaban J connectivity index is 2.00. The van der Waals surface area contributed by atoms with Gasteiger partial charge in [0.1, 0.15) is 5.75 Å². The number of rotatable bonds is 8. The third kappa shape index (κ3) is 5.38. The average molecular weight is 470 g/mol. The number of amides is 3. The zero-order chi connectivity index (χ0) is 24.8. The molecule has 0 spiro atoms. The molecule has 2 N–H and O–H groups in total. The van der Waals surface area contributed by atoms with Crippen molar-refractivity contribution in [1.29, 1.82) is 0 Å². The first-order valence-electron chi connectivity index (χ1n) is 11.6. The van der Waals surface area contributed by atoms with Gasteiger partial charge in [-0.1, -0.05) is 6.92 Å². The van der Waals surface area contributed by atoms with Crippen LogP contribution in [0.25, 0.3) is 0 Å². The van der Waals surface area contributed by atoms with Gasteiger partial charge in [0, 0.05) is 18.2 Å². The number of carbonyl (C=O) groups excluding carboxylic acids is 2. The number of nitrogens with zero attached hydrogens (tertiary/aromatic N) is 1. The summed E-state index contributed by atoms with van der Waals surface area (Å²) in [6.45, 7) is 6.40. The van der Waals surface area contributed by atoms with Crippen molar-refractivity contribution in [2.45, 2.75) is 51.7 Å². The molecular formula is C26H35N3O5. The summed E-state index contributed by atoms with van der Waals surface area (Å²) < 4.78 is 16.2. The lowest BCUT2D eigenvalue weighted by atomic mass is 9.86. The summed E-state index contributed by atoms with van der Waals surface area (Å²) in [5.74, 6) is 1.72. The Morgan fingerprint density at radius 1 is 1.00 bits per heavy atom. The van der Waals surface area contributed by atoms with Gasteiger partial charge in [-0.3, -0.25) is 4.79 Å². The highest BCUT2D eigenvalue weighted by Crippen LogP contribution is 2.40. The van der Waals surface area contributed by atoms with Crippen molar-refractivity contribution in [3.8, 4) is 17.2 Å². The van der Waals surface area contributed by atoms with Crippen LogP contribution in [0.1, 0.15) is 54.7 Å². The molecule has 2 aromatic rings. The van der Waals surface area contributed by atoms with E-state index >= 15 is 0 Å². The lowest BCUT2D eigenvalue weighted by Gasteiger charge is -2.42. The highest BCUT2D eigenvalue weighted by molar-refractivity contribution is 5.94. The van der Waals surface area contributed by atoms with E-state index in [0.717, 1.165) is 11.1 Å². The van der Waals surface area contributed by atoms with Gasteiger partial charge in [-0.05, 0) is 74.2 Å². The second kappa shape index (κ2) is 11.1. The molecule has 0 saturated carbocycles. The number of urea groups is 1. The number of carbonyl (C=O) groups is 2. The molecule has 0 saturated heterocycles. The van der Waals surface area contributed by atoms with E-state index in [4.69, 9.17) is 14.2 Å². The van der Waals surface area contributed by atoms with Crippen LogP contribution in [0.3, 0.4) is 0 Å². The summed E-state index contributed by atoms with van der Waals surface area (Å²) in [5, 5.41) is 6.17. The zero-order valence-corrected chi connectivity index (χ0v) is 20.8. The summed E-state index contributed by atoms with van der Waals surface area (Å²) in [7, 11) is 4.79. The second-order valence-electron chi connectivity index (χ2n) is 8.62. The molecule has 1 heterocycles. The van der Waals surface area contributed by atoms with E-state index in [0.29, 0.717) is 42.2 Å². The van der Waals surface area contributed by atoms with Crippen LogP contribution in [0.15, 0.2) is 36.4 Å². The van der Waals surface area contributed by atoms with Crippen LogP contribution in [0.5, 0.6) is 17.2 Å². The maximum atomic E-state index is 13.2. The van der Waals surface area contributed by atoms with Crippen molar-refractivity contribution >= 4 is 11.9 Å². The molecule has 2 unspecified atom stereocenters. The Labute approximate surface area is 201 Å². The van der Waals surface area contributed by atoms with Crippen LogP contribution in [-0.2, 0) is 6.42 Å². The number of benzene rings is 2. The SMILES string of the molecule is CCC(NC(=O)c1ccc(OC)cc1)C1c2cc(OC)c(OC)cc2CCN1C(=O)NC(C)C. The van der Waals surface area contributed by atoms with Crippen molar-refractivity contribution in [3.05, 3.63) is 53.1 Å². The first kappa shape index (κ1) is 25.2. The second-order valence-corrected chi connectivity index (χ2v) is 8.62. The number of hydrogen-bond donors (Lipinski definition) is 2. The molecule has 0 aromatic heterocycles. The molecule has 0 radical (unpaired) electrons. The van der Waals surface area contributed by atoms with E-state index in [1.165, 1.54) is 0 Å². The number of ether oxygens (including phenoxy) is 3. The van der Waals surface area contributed by atoms with Gasteiger partial charge in [0.05, 0.1) is 33.4 Å². The zero-order valence-electron chi connectivity index (χ0n) is 20.8. The molecular weight excluding hydrogens is 434 g/mol. The number of fused-ring (bicyclic) bond motifs is 1. The number of methoxy groups -OCH3 is 3. The fourth-order valence-corrected chi connectivity index (χ4v) is 4.37. The Hall–Kier alpha value is -3.42. The molecule has 3 rings (SSSR count). The topological polar surface area (TPSA) is 89.1 Å². The van der Waals surface area contributed by atoms with Crippen LogP contribution in [0.2, 0.25) is 0 Å². The summed E-state index contributed by atoms with van der Waals surface area (Å²) in [6, 6.07) is 10.0. The minimum atomic E-state index is -0.366. The molecule has 2 atom stereocenters. The highest BCUT2D eigenvalue weighted by Gasteiger charge is 2.37. The molecule has 0 aliphatic carbocycles. The maximum absolute atomic E-state index is 13.2. The van der Waals surface area contributed by atoms with Crippen molar-refractivity contribution in [2.24, 2.45) is 0 Å². The Bertz CT molecular complexity index is 1010. The lowest BCUT2D eigenvalue weighted by molar-refractivity contribution is 0.0887. The van der Waals surface area contributed by atoms with Gasteiger partial charge in [0.25, 0.3) is 5.91 Å². The monoisotopic (exact) mass is 469 g/mol. The Morgan fingerprint density at radius 3 is 2.21 bits per heavy atom. The maximum Gasteiger partial charge on any atom is 0.318 e. The number of hydrogen-bond acceptors (Lipinski definition) is 5. The molecule has 8 nitrogen and oxygen atoms in total. The molecule has 1 aliphatic heterocycles. The van der Waals surface area contributed by atoms with Gasteiger partial charge >= 0.3 is 6.03 Å². The summed E-state index contributed by atoms with van der Waals surface area (Å²) >= 11 is 0. The van der Waals surface area contributed by atoms with E-state index < -0.39 is 0 Å². The third-order valence-electron chi connectivity index (χ3n) is 6.08. The first-order chi connectivity index (χ1) is 16.3. The van der Waals surface area contributed by atoms with E-state index in [-0.39, 0.29) is 30.1 Å². The normalized spacial score (nSPS) is 15.9. The Morgan fingerprint density at radius 2 is 1.65 bits per heavy atom. The molecule has 184 valence electrons. The van der Waals surface area contributed by atoms with Crippen LogP contribution in [0, 0.1) is 0 Å². The standard InChI is InChI=1S/C26H35N3O5/c1-7-21(28-25(30)17-8-10-19(32-4)11-9-17)24-20-15-23(34-6)22(33-5)14-18(20)12-13-29(24)26(31)27-16(2)3/h8-11,14-16,21,24H,7,12-13H2,1-6H3,(H,27,31)(H,28,30). The predicted molar refractivity (Wildman–Crippen MR) is 131 cm³/mol. The van der Waals surface area contributed by atoms with Crippen LogP contribution >= 0.6 is 0 Å². The van der Waals surface area contributed by atoms with Gasteiger partial charge in [0.15, 0.2) is 11.5 Å². The van der Waals surface area contributed by atoms with Crippen molar-refractivity contribution in [3.63, 3.8) is 0 Å². The van der Waals surface area contributed by atoms with Crippen molar-refractivity contribution in [2.75, 3.05) is 27.9 Å². The van der Waals surface area contributed by atoms with E-state index in [1.54, 1.807) is 45.6 Å². The van der Waals surface area contributed by atoms with Crippen LogP contribution < -0.4 is 24.8 Å². The van der Waals surface area contributed by atoms with Gasteiger partial charge in [-0.15, -0.1) is 0 Å².